The molecule has 112 valence electrons. The van der Waals surface area contributed by atoms with Gasteiger partial charge in [-0.15, -0.1) is 0 Å². The van der Waals surface area contributed by atoms with Gasteiger partial charge in [-0.3, -0.25) is 14.3 Å². The molecule has 0 radical (unpaired) electrons. The minimum Gasteiger partial charge on any atom is -0.297 e. The molecular weight excluding hydrogens is 276 g/mol. The smallest absolute Gasteiger partial charge is 0.297 e. The molecule has 0 amide bonds. The Balaban J connectivity index is 2.66. The van der Waals surface area contributed by atoms with Crippen LogP contribution in [0.2, 0.25) is 5.15 Å². The monoisotopic (exact) mass is 298 g/mol. The molecule has 5 heteroatoms. The highest BCUT2D eigenvalue weighted by Crippen LogP contribution is 2.42. The predicted molar refractivity (Wildman–Crippen MR) is 81.7 cm³/mol. The van der Waals surface area contributed by atoms with Crippen LogP contribution in [0.15, 0.2) is 9.59 Å². The zero-order chi connectivity index (χ0) is 15.1. The number of nitrogens with zero attached hydrogens (tertiary/aromatic N) is 1. The lowest BCUT2D eigenvalue weighted by Crippen LogP contribution is -2.46. The standard InChI is InChI=1S/C15H23ClN2O2/c1-9(2)11-12(16)17-14(20)18(13(11)19)10-7-5-6-8-15(10,3)4/h9-10H,5-8H2,1-4H3,(H,17,20). The van der Waals surface area contributed by atoms with E-state index >= 15 is 0 Å². The van der Waals surface area contributed by atoms with E-state index in [9.17, 15) is 9.59 Å². The van der Waals surface area contributed by atoms with Gasteiger partial charge in [-0.2, -0.15) is 0 Å². The second kappa shape index (κ2) is 5.40. The molecule has 1 saturated carbocycles. The van der Waals surface area contributed by atoms with E-state index in [1.807, 2.05) is 13.8 Å². The lowest BCUT2D eigenvalue weighted by molar-refractivity contribution is 0.136. The summed E-state index contributed by atoms with van der Waals surface area (Å²) in [7, 11) is 0. The summed E-state index contributed by atoms with van der Waals surface area (Å²) in [5, 5.41) is 0.180. The minimum atomic E-state index is -0.385. The van der Waals surface area contributed by atoms with Gasteiger partial charge in [-0.1, -0.05) is 52.1 Å². The molecule has 20 heavy (non-hydrogen) atoms. The van der Waals surface area contributed by atoms with E-state index in [0.29, 0.717) is 5.56 Å². The highest BCUT2D eigenvalue weighted by atomic mass is 35.5. The summed E-state index contributed by atoms with van der Waals surface area (Å²) in [4.78, 5) is 27.6. The summed E-state index contributed by atoms with van der Waals surface area (Å²) in [6.07, 6.45) is 4.11. The average molecular weight is 299 g/mol. The van der Waals surface area contributed by atoms with Crippen LogP contribution in [0.3, 0.4) is 0 Å². The van der Waals surface area contributed by atoms with Gasteiger partial charge in [0.1, 0.15) is 5.15 Å². The summed E-state index contributed by atoms with van der Waals surface area (Å²) < 4.78 is 1.40. The van der Waals surface area contributed by atoms with Gasteiger partial charge in [0.15, 0.2) is 0 Å². The lowest BCUT2D eigenvalue weighted by Gasteiger charge is -2.39. The number of H-pyrrole nitrogens is 1. The fourth-order valence-corrected chi connectivity index (χ4v) is 3.65. The van der Waals surface area contributed by atoms with Crippen LogP contribution >= 0.6 is 11.6 Å². The van der Waals surface area contributed by atoms with Crippen molar-refractivity contribution < 1.29 is 0 Å². The van der Waals surface area contributed by atoms with Crippen molar-refractivity contribution in [2.24, 2.45) is 5.41 Å². The maximum Gasteiger partial charge on any atom is 0.329 e. The zero-order valence-electron chi connectivity index (χ0n) is 12.6. The SMILES string of the molecule is CC(C)c1c(Cl)[nH]c(=O)n(C2CCCCC2(C)C)c1=O. The highest BCUT2D eigenvalue weighted by molar-refractivity contribution is 6.30. The number of hydrogen-bond donors (Lipinski definition) is 1. The Labute approximate surface area is 124 Å². The number of rotatable bonds is 2. The fourth-order valence-electron chi connectivity index (χ4n) is 3.28. The van der Waals surface area contributed by atoms with Gasteiger partial charge in [0.25, 0.3) is 5.56 Å². The van der Waals surface area contributed by atoms with Gasteiger partial charge in [0.2, 0.25) is 0 Å². The van der Waals surface area contributed by atoms with Gasteiger partial charge in [-0.25, -0.2) is 4.79 Å². The van der Waals surface area contributed by atoms with Gasteiger partial charge < -0.3 is 0 Å². The minimum absolute atomic E-state index is 0.00944. The molecule has 1 N–H and O–H groups in total. The van der Waals surface area contributed by atoms with Crippen molar-refractivity contribution in [2.45, 2.75) is 65.3 Å². The first-order chi connectivity index (χ1) is 9.25. The van der Waals surface area contributed by atoms with Crippen molar-refractivity contribution in [3.05, 3.63) is 31.6 Å². The van der Waals surface area contributed by atoms with E-state index in [0.717, 1.165) is 25.7 Å². The van der Waals surface area contributed by atoms with E-state index in [1.165, 1.54) is 4.57 Å². The summed E-state index contributed by atoms with van der Waals surface area (Å²) in [6.45, 7) is 8.09. The first-order valence-corrected chi connectivity index (χ1v) is 7.67. The first-order valence-electron chi connectivity index (χ1n) is 7.30. The second-order valence-electron chi connectivity index (χ2n) is 6.74. The number of nitrogens with one attached hydrogen (secondary N) is 1. The average Bonchev–Trinajstić information content (AvgIpc) is 2.29. The van der Waals surface area contributed by atoms with Crippen molar-refractivity contribution in [1.82, 2.24) is 9.55 Å². The summed E-state index contributed by atoms with van der Waals surface area (Å²) in [5.74, 6) is -0.00944. The van der Waals surface area contributed by atoms with E-state index in [2.05, 4.69) is 18.8 Å². The maximum absolute atomic E-state index is 12.7. The Morgan fingerprint density at radius 3 is 2.50 bits per heavy atom. The topological polar surface area (TPSA) is 54.9 Å². The van der Waals surface area contributed by atoms with Crippen molar-refractivity contribution in [3.63, 3.8) is 0 Å². The zero-order valence-corrected chi connectivity index (χ0v) is 13.4. The molecule has 4 nitrogen and oxygen atoms in total. The van der Waals surface area contributed by atoms with Crippen LogP contribution in [-0.4, -0.2) is 9.55 Å². The van der Waals surface area contributed by atoms with Crippen LogP contribution in [0.5, 0.6) is 0 Å². The Morgan fingerprint density at radius 2 is 1.95 bits per heavy atom. The first kappa shape index (κ1) is 15.4. The van der Waals surface area contributed by atoms with Crippen LogP contribution in [0.1, 0.15) is 70.9 Å². The molecule has 0 spiro atoms. The van der Waals surface area contributed by atoms with Crippen LogP contribution in [0.4, 0.5) is 0 Å². The number of hydrogen-bond acceptors (Lipinski definition) is 2. The summed E-state index contributed by atoms with van der Waals surface area (Å²) in [5.41, 5.74) is -0.150. The van der Waals surface area contributed by atoms with E-state index in [-0.39, 0.29) is 33.8 Å². The molecule has 1 heterocycles. The van der Waals surface area contributed by atoms with Crippen LogP contribution in [0.25, 0.3) is 0 Å². The third-order valence-corrected chi connectivity index (χ3v) is 4.76. The van der Waals surface area contributed by atoms with Crippen LogP contribution in [-0.2, 0) is 0 Å². The van der Waals surface area contributed by atoms with Crippen molar-refractivity contribution in [3.8, 4) is 0 Å². The Kier molecular flexibility index (Phi) is 4.14. The molecule has 1 fully saturated rings. The molecule has 2 rings (SSSR count). The van der Waals surface area contributed by atoms with Crippen LogP contribution < -0.4 is 11.2 Å². The molecule has 0 saturated heterocycles. The van der Waals surface area contributed by atoms with E-state index in [4.69, 9.17) is 11.6 Å². The molecule has 0 aromatic carbocycles. The Hall–Kier alpha value is -1.03. The lowest BCUT2D eigenvalue weighted by atomic mass is 9.73. The molecular formula is C15H23ClN2O2. The quantitative estimate of drug-likeness (QED) is 0.850. The highest BCUT2D eigenvalue weighted by Gasteiger charge is 2.36. The molecule has 1 atom stereocenters. The maximum atomic E-state index is 12.7. The van der Waals surface area contributed by atoms with E-state index < -0.39 is 0 Å². The Morgan fingerprint density at radius 1 is 1.30 bits per heavy atom. The van der Waals surface area contributed by atoms with Gasteiger partial charge in [0.05, 0.1) is 5.56 Å². The van der Waals surface area contributed by atoms with Gasteiger partial charge in [0, 0.05) is 6.04 Å². The van der Waals surface area contributed by atoms with Gasteiger partial charge in [-0.05, 0) is 24.2 Å². The summed E-state index contributed by atoms with van der Waals surface area (Å²) in [6, 6.07) is -0.0535. The molecule has 1 aliphatic carbocycles. The molecule has 1 unspecified atom stereocenters. The van der Waals surface area contributed by atoms with Crippen LogP contribution in [0, 0.1) is 5.41 Å². The number of aromatic amines is 1. The summed E-state index contributed by atoms with van der Waals surface area (Å²) >= 11 is 6.04. The third kappa shape index (κ3) is 2.58. The second-order valence-corrected chi connectivity index (χ2v) is 7.12. The molecule has 0 aliphatic heterocycles. The van der Waals surface area contributed by atoms with Gasteiger partial charge >= 0.3 is 5.69 Å². The number of halogens is 1. The van der Waals surface area contributed by atoms with E-state index in [1.54, 1.807) is 0 Å². The van der Waals surface area contributed by atoms with Crippen molar-refractivity contribution >= 4 is 11.6 Å². The number of aromatic nitrogens is 2. The fraction of sp³-hybridized carbons (Fsp3) is 0.733. The predicted octanol–water partition coefficient (Wildman–Crippen LogP) is 3.45. The largest absolute Gasteiger partial charge is 0.329 e. The Bertz CT molecular complexity index is 613. The normalized spacial score (nSPS) is 22.2. The third-order valence-electron chi connectivity index (χ3n) is 4.46. The molecule has 1 aromatic rings. The van der Waals surface area contributed by atoms with Crippen molar-refractivity contribution in [1.29, 1.82) is 0 Å². The molecule has 0 bridgehead atoms. The molecule has 1 aromatic heterocycles. The molecule has 1 aliphatic rings. The van der Waals surface area contributed by atoms with Crippen molar-refractivity contribution in [2.75, 3.05) is 0 Å².